The Morgan fingerprint density at radius 3 is 2.65 bits per heavy atom. The first kappa shape index (κ1) is 11.8. The van der Waals surface area contributed by atoms with Crippen LogP contribution in [0.5, 0.6) is 11.5 Å². The number of hydrogen-bond acceptors (Lipinski definition) is 3. The third kappa shape index (κ3) is 1.73. The van der Waals surface area contributed by atoms with Crippen LogP contribution in [0.25, 0.3) is 0 Å². The Hall–Kier alpha value is -1.71. The Kier molecular flexibility index (Phi) is 2.96. The van der Waals surface area contributed by atoms with Crippen LogP contribution in [0.3, 0.4) is 0 Å². The molecule has 1 aromatic rings. The van der Waals surface area contributed by atoms with E-state index in [4.69, 9.17) is 9.47 Å². The largest absolute Gasteiger partial charge is 0.493 e. The molecular formula is C13H17NO3. The molecule has 1 aliphatic rings. The Balaban J connectivity index is 2.48. The summed E-state index contributed by atoms with van der Waals surface area (Å²) in [5.41, 5.74) is -0.103. The molecule has 92 valence electrons. The van der Waals surface area contributed by atoms with Gasteiger partial charge in [-0.15, -0.1) is 0 Å². The number of ether oxygens (including phenoxy) is 2. The van der Waals surface area contributed by atoms with Gasteiger partial charge in [-0.1, -0.05) is 19.9 Å². The molecule has 0 aromatic heterocycles. The van der Waals surface area contributed by atoms with Crippen LogP contribution in [0.15, 0.2) is 18.2 Å². The number of methoxy groups -OCH3 is 1. The van der Waals surface area contributed by atoms with E-state index >= 15 is 0 Å². The van der Waals surface area contributed by atoms with E-state index < -0.39 is 5.60 Å². The average molecular weight is 235 g/mol. The lowest BCUT2D eigenvalue weighted by Gasteiger charge is -2.36. The highest BCUT2D eigenvalue weighted by Gasteiger charge is 2.42. The van der Waals surface area contributed by atoms with E-state index in [1.807, 2.05) is 32.0 Å². The number of hydrogen-bond donors (Lipinski definition) is 1. The van der Waals surface area contributed by atoms with E-state index in [0.717, 1.165) is 0 Å². The highest BCUT2D eigenvalue weighted by Crippen LogP contribution is 2.42. The van der Waals surface area contributed by atoms with Crippen molar-refractivity contribution in [3.63, 3.8) is 0 Å². The summed E-state index contributed by atoms with van der Waals surface area (Å²) in [6, 6.07) is 5.46. The normalized spacial score (nSPS) is 16.8. The third-order valence-electron chi connectivity index (χ3n) is 3.30. The van der Waals surface area contributed by atoms with E-state index in [1.165, 1.54) is 0 Å². The number of fused-ring (bicyclic) bond motifs is 1. The fourth-order valence-electron chi connectivity index (χ4n) is 2.07. The molecule has 0 saturated heterocycles. The molecule has 0 saturated carbocycles. The molecule has 1 N–H and O–H groups in total. The second kappa shape index (κ2) is 4.28. The molecule has 1 heterocycles. The molecular weight excluding hydrogens is 218 g/mol. The van der Waals surface area contributed by atoms with Gasteiger partial charge in [0.05, 0.1) is 12.8 Å². The van der Waals surface area contributed by atoms with Crippen LogP contribution < -0.4 is 14.8 Å². The van der Waals surface area contributed by atoms with Crippen molar-refractivity contribution in [1.82, 2.24) is 0 Å². The van der Waals surface area contributed by atoms with Gasteiger partial charge in [-0.05, 0) is 25.0 Å². The smallest absolute Gasteiger partial charge is 0.268 e. The van der Waals surface area contributed by atoms with Gasteiger partial charge in [-0.2, -0.15) is 0 Å². The number of para-hydroxylation sites is 1. The van der Waals surface area contributed by atoms with Gasteiger partial charge in [0.25, 0.3) is 5.91 Å². The second-order valence-corrected chi connectivity index (χ2v) is 4.09. The quantitative estimate of drug-likeness (QED) is 0.876. The lowest BCUT2D eigenvalue weighted by atomic mass is 9.94. The minimum absolute atomic E-state index is 0.0803. The first-order chi connectivity index (χ1) is 8.16. The van der Waals surface area contributed by atoms with E-state index in [-0.39, 0.29) is 5.91 Å². The molecule has 2 rings (SSSR count). The fraction of sp³-hybridized carbons (Fsp3) is 0.462. The zero-order valence-corrected chi connectivity index (χ0v) is 10.4. The molecule has 0 fully saturated rings. The summed E-state index contributed by atoms with van der Waals surface area (Å²) in [7, 11) is 1.59. The summed E-state index contributed by atoms with van der Waals surface area (Å²) >= 11 is 0. The molecule has 0 spiro atoms. The molecule has 0 unspecified atom stereocenters. The molecule has 1 aromatic carbocycles. The molecule has 0 bridgehead atoms. The Labute approximate surface area is 101 Å². The zero-order valence-electron chi connectivity index (χ0n) is 10.4. The number of carbonyl (C=O) groups excluding carboxylic acids is 1. The van der Waals surface area contributed by atoms with Gasteiger partial charge >= 0.3 is 0 Å². The van der Waals surface area contributed by atoms with Crippen molar-refractivity contribution in [3.8, 4) is 11.5 Å². The summed E-state index contributed by atoms with van der Waals surface area (Å²) in [6.07, 6.45) is 1.26. The number of anilines is 1. The van der Waals surface area contributed by atoms with Crippen LogP contribution in [-0.2, 0) is 4.79 Å². The number of carbonyl (C=O) groups is 1. The van der Waals surface area contributed by atoms with Crippen molar-refractivity contribution in [3.05, 3.63) is 18.2 Å². The summed E-state index contributed by atoms with van der Waals surface area (Å²) in [5, 5.41) is 2.88. The number of rotatable bonds is 3. The summed E-state index contributed by atoms with van der Waals surface area (Å²) in [6.45, 7) is 3.90. The maximum Gasteiger partial charge on any atom is 0.268 e. The molecule has 4 heteroatoms. The molecule has 1 amide bonds. The Morgan fingerprint density at radius 2 is 2.06 bits per heavy atom. The van der Waals surface area contributed by atoms with Crippen molar-refractivity contribution in [2.45, 2.75) is 32.3 Å². The molecule has 0 aliphatic carbocycles. The van der Waals surface area contributed by atoms with Crippen molar-refractivity contribution in [1.29, 1.82) is 0 Å². The topological polar surface area (TPSA) is 47.6 Å². The standard InChI is InChI=1S/C13H17NO3/c1-4-13(5-2)12(15)14-9-7-6-8-10(16-3)11(9)17-13/h6-8H,4-5H2,1-3H3,(H,14,15). The van der Waals surface area contributed by atoms with E-state index in [1.54, 1.807) is 7.11 Å². The van der Waals surface area contributed by atoms with Crippen LogP contribution in [0.4, 0.5) is 5.69 Å². The second-order valence-electron chi connectivity index (χ2n) is 4.09. The van der Waals surface area contributed by atoms with Gasteiger partial charge in [0, 0.05) is 0 Å². The minimum Gasteiger partial charge on any atom is -0.493 e. The van der Waals surface area contributed by atoms with Crippen LogP contribution in [0.2, 0.25) is 0 Å². The number of benzene rings is 1. The van der Waals surface area contributed by atoms with Crippen molar-refractivity contribution in [2.24, 2.45) is 0 Å². The highest BCUT2D eigenvalue weighted by atomic mass is 16.5. The molecule has 1 aliphatic heterocycles. The maximum absolute atomic E-state index is 12.1. The van der Waals surface area contributed by atoms with Crippen molar-refractivity contribution in [2.75, 3.05) is 12.4 Å². The molecule has 0 radical (unpaired) electrons. The van der Waals surface area contributed by atoms with Crippen LogP contribution in [0.1, 0.15) is 26.7 Å². The van der Waals surface area contributed by atoms with Crippen LogP contribution in [-0.4, -0.2) is 18.6 Å². The average Bonchev–Trinajstić information content (AvgIpc) is 2.37. The van der Waals surface area contributed by atoms with Gasteiger partial charge in [0.2, 0.25) is 0 Å². The molecule has 17 heavy (non-hydrogen) atoms. The predicted octanol–water partition coefficient (Wildman–Crippen LogP) is 2.58. The summed E-state index contributed by atoms with van der Waals surface area (Å²) in [4.78, 5) is 12.1. The molecule has 4 nitrogen and oxygen atoms in total. The van der Waals surface area contributed by atoms with E-state index in [0.29, 0.717) is 30.0 Å². The van der Waals surface area contributed by atoms with Crippen molar-refractivity contribution >= 4 is 11.6 Å². The highest BCUT2D eigenvalue weighted by molar-refractivity contribution is 6.01. The van der Waals surface area contributed by atoms with Gasteiger partial charge in [0.15, 0.2) is 17.1 Å². The van der Waals surface area contributed by atoms with E-state index in [9.17, 15) is 4.79 Å². The Morgan fingerprint density at radius 1 is 1.35 bits per heavy atom. The zero-order chi connectivity index (χ0) is 12.5. The van der Waals surface area contributed by atoms with E-state index in [2.05, 4.69) is 5.32 Å². The summed E-state index contributed by atoms with van der Waals surface area (Å²) < 4.78 is 11.2. The third-order valence-corrected chi connectivity index (χ3v) is 3.30. The van der Waals surface area contributed by atoms with Crippen molar-refractivity contribution < 1.29 is 14.3 Å². The van der Waals surface area contributed by atoms with Gasteiger partial charge in [0.1, 0.15) is 0 Å². The number of amides is 1. The Bertz CT molecular complexity index is 438. The lowest BCUT2D eigenvalue weighted by molar-refractivity contribution is -0.133. The maximum atomic E-state index is 12.1. The molecule has 0 atom stereocenters. The monoisotopic (exact) mass is 235 g/mol. The fourth-order valence-corrected chi connectivity index (χ4v) is 2.07. The van der Waals surface area contributed by atoms with Crippen LogP contribution >= 0.6 is 0 Å². The minimum atomic E-state index is -0.776. The number of nitrogens with one attached hydrogen (secondary N) is 1. The predicted molar refractivity (Wildman–Crippen MR) is 65.6 cm³/mol. The lowest BCUT2D eigenvalue weighted by Crippen LogP contribution is -2.50. The van der Waals surface area contributed by atoms with Gasteiger partial charge in [-0.25, -0.2) is 0 Å². The van der Waals surface area contributed by atoms with Gasteiger partial charge in [-0.3, -0.25) is 4.79 Å². The first-order valence-electron chi connectivity index (χ1n) is 5.84. The van der Waals surface area contributed by atoms with Crippen LogP contribution in [0, 0.1) is 0 Å². The van der Waals surface area contributed by atoms with Gasteiger partial charge < -0.3 is 14.8 Å². The first-order valence-corrected chi connectivity index (χ1v) is 5.84. The SMILES string of the molecule is CCC1(CC)Oc2c(cccc2OC)NC1=O. The summed E-state index contributed by atoms with van der Waals surface area (Å²) in [5.74, 6) is 1.19.